The number of sulfonamides is 1. The van der Waals surface area contributed by atoms with E-state index in [-0.39, 0.29) is 5.92 Å². The van der Waals surface area contributed by atoms with E-state index in [1.807, 2.05) is 24.3 Å². The van der Waals surface area contributed by atoms with Gasteiger partial charge in [0.2, 0.25) is 10.0 Å². The molecule has 1 unspecified atom stereocenters. The van der Waals surface area contributed by atoms with Crippen LogP contribution in [0.2, 0.25) is 0 Å². The van der Waals surface area contributed by atoms with E-state index in [1.165, 1.54) is 5.56 Å². The first-order valence-electron chi connectivity index (χ1n) is 9.04. The molecule has 4 rings (SSSR count). The monoisotopic (exact) mass is 399 g/mol. The second-order valence-electron chi connectivity index (χ2n) is 6.71. The summed E-state index contributed by atoms with van der Waals surface area (Å²) < 4.78 is 27.4. The summed E-state index contributed by atoms with van der Waals surface area (Å²) in [5, 5.41) is 10.6. The van der Waals surface area contributed by atoms with Gasteiger partial charge in [-0.05, 0) is 30.5 Å². The molecule has 1 fully saturated rings. The van der Waals surface area contributed by atoms with E-state index >= 15 is 0 Å². The summed E-state index contributed by atoms with van der Waals surface area (Å²) in [6.07, 6.45) is 2.54. The summed E-state index contributed by atoms with van der Waals surface area (Å²) in [5.74, 6) is 0.110. The fraction of sp³-hybridized carbons (Fsp3) is 0.300. The zero-order valence-corrected chi connectivity index (χ0v) is 16.5. The molecule has 2 heterocycles. The third-order valence-electron chi connectivity index (χ3n) is 4.79. The summed E-state index contributed by atoms with van der Waals surface area (Å²) in [4.78, 5) is 0.354. The Balaban J connectivity index is 1.49. The average molecular weight is 400 g/mol. The van der Waals surface area contributed by atoms with Crippen LogP contribution in [0.25, 0.3) is 0 Å². The van der Waals surface area contributed by atoms with Gasteiger partial charge in [0.25, 0.3) is 0 Å². The Hall–Kier alpha value is -2.09. The number of piperidine rings is 1. The fourth-order valence-electron chi connectivity index (χ4n) is 3.38. The number of rotatable bonds is 5. The first kappa shape index (κ1) is 18.3. The zero-order chi connectivity index (χ0) is 18.7. The highest BCUT2D eigenvalue weighted by Gasteiger charge is 2.32. The molecule has 0 saturated carbocycles. The van der Waals surface area contributed by atoms with Crippen molar-refractivity contribution < 1.29 is 8.42 Å². The van der Waals surface area contributed by atoms with Crippen molar-refractivity contribution in [3.8, 4) is 0 Å². The maximum atomic E-state index is 12.9. The fourth-order valence-corrected chi connectivity index (χ4v) is 5.92. The zero-order valence-electron chi connectivity index (χ0n) is 14.9. The Morgan fingerprint density at radius 1 is 1.00 bits per heavy atom. The van der Waals surface area contributed by atoms with E-state index in [9.17, 15) is 8.42 Å². The van der Waals surface area contributed by atoms with Crippen LogP contribution in [0.15, 0.2) is 65.6 Å². The lowest BCUT2D eigenvalue weighted by Gasteiger charge is -2.30. The number of aromatic nitrogens is 2. The molecular formula is C20H21N3O2S2. The van der Waals surface area contributed by atoms with E-state index in [4.69, 9.17) is 0 Å². The molecule has 5 nitrogen and oxygen atoms in total. The summed E-state index contributed by atoms with van der Waals surface area (Å²) in [7, 11) is -3.45. The Bertz CT molecular complexity index is 988. The molecule has 1 saturated heterocycles. The summed E-state index contributed by atoms with van der Waals surface area (Å²) in [5.41, 5.74) is 1.21. The lowest BCUT2D eigenvalue weighted by Crippen LogP contribution is -2.39. The molecule has 0 N–H and O–H groups in total. The average Bonchev–Trinajstić information content (AvgIpc) is 3.18. The van der Waals surface area contributed by atoms with Crippen molar-refractivity contribution in [2.75, 3.05) is 13.1 Å². The summed E-state index contributed by atoms with van der Waals surface area (Å²) >= 11 is 1.60. The van der Waals surface area contributed by atoms with Gasteiger partial charge in [-0.3, -0.25) is 0 Å². The van der Waals surface area contributed by atoms with Crippen LogP contribution >= 0.6 is 11.3 Å². The molecule has 0 spiro atoms. The van der Waals surface area contributed by atoms with Crippen LogP contribution in [0.5, 0.6) is 0 Å². The van der Waals surface area contributed by atoms with Crippen molar-refractivity contribution in [2.24, 2.45) is 0 Å². The molecule has 0 aliphatic carbocycles. The largest absolute Gasteiger partial charge is 0.243 e. The molecule has 3 aromatic rings. The quantitative estimate of drug-likeness (QED) is 0.656. The van der Waals surface area contributed by atoms with Gasteiger partial charge in [-0.1, -0.05) is 48.5 Å². The first-order chi connectivity index (χ1) is 13.1. The van der Waals surface area contributed by atoms with Crippen LogP contribution < -0.4 is 0 Å². The molecule has 1 aromatic heterocycles. The second kappa shape index (κ2) is 7.88. The number of hydrogen-bond acceptors (Lipinski definition) is 5. The van der Waals surface area contributed by atoms with Gasteiger partial charge in [-0.25, -0.2) is 8.42 Å². The molecule has 0 bridgehead atoms. The highest BCUT2D eigenvalue weighted by molar-refractivity contribution is 7.89. The molecular weight excluding hydrogens is 378 g/mol. The van der Waals surface area contributed by atoms with E-state index in [2.05, 4.69) is 22.3 Å². The predicted octanol–water partition coefficient (Wildman–Crippen LogP) is 3.70. The van der Waals surface area contributed by atoms with Crippen molar-refractivity contribution in [1.29, 1.82) is 0 Å². The van der Waals surface area contributed by atoms with E-state index in [1.54, 1.807) is 39.9 Å². The minimum Gasteiger partial charge on any atom is -0.207 e. The van der Waals surface area contributed by atoms with Gasteiger partial charge in [0, 0.05) is 25.4 Å². The topological polar surface area (TPSA) is 63.2 Å². The minimum atomic E-state index is -3.45. The highest BCUT2D eigenvalue weighted by Crippen LogP contribution is 2.32. The van der Waals surface area contributed by atoms with Gasteiger partial charge in [0.1, 0.15) is 10.0 Å². The highest BCUT2D eigenvalue weighted by atomic mass is 32.2. The molecule has 0 amide bonds. The van der Waals surface area contributed by atoms with Crippen molar-refractivity contribution in [3.63, 3.8) is 0 Å². The van der Waals surface area contributed by atoms with Crippen molar-refractivity contribution >= 4 is 21.4 Å². The Kier molecular flexibility index (Phi) is 5.33. The Labute approximate surface area is 163 Å². The SMILES string of the molecule is O=S(=O)(c1ccccc1)N1CCCC(c2nnc(Cc3ccccc3)s2)C1. The van der Waals surface area contributed by atoms with Crippen LogP contribution in [-0.2, 0) is 16.4 Å². The van der Waals surface area contributed by atoms with Gasteiger partial charge in [-0.2, -0.15) is 4.31 Å². The van der Waals surface area contributed by atoms with Crippen LogP contribution in [0.4, 0.5) is 0 Å². The van der Waals surface area contributed by atoms with Crippen LogP contribution in [0.3, 0.4) is 0 Å². The van der Waals surface area contributed by atoms with Gasteiger partial charge >= 0.3 is 0 Å². The van der Waals surface area contributed by atoms with E-state index in [0.29, 0.717) is 18.0 Å². The molecule has 1 atom stereocenters. The van der Waals surface area contributed by atoms with E-state index < -0.39 is 10.0 Å². The van der Waals surface area contributed by atoms with Gasteiger partial charge in [0.15, 0.2) is 0 Å². The normalized spacial score (nSPS) is 18.4. The standard InChI is InChI=1S/C20H21N3O2S2/c24-27(25,18-11-5-2-6-12-18)23-13-7-10-17(15-23)20-22-21-19(26-20)14-16-8-3-1-4-9-16/h1-6,8-9,11-12,17H,7,10,13-15H2. The van der Waals surface area contributed by atoms with Crippen LogP contribution in [0, 0.1) is 0 Å². The summed E-state index contributed by atoms with van der Waals surface area (Å²) in [6.45, 7) is 1.03. The van der Waals surface area contributed by atoms with Gasteiger partial charge in [-0.15, -0.1) is 21.5 Å². The van der Waals surface area contributed by atoms with Gasteiger partial charge < -0.3 is 0 Å². The lowest BCUT2D eigenvalue weighted by atomic mass is 10.0. The molecule has 140 valence electrons. The van der Waals surface area contributed by atoms with Crippen molar-refractivity contribution in [3.05, 3.63) is 76.2 Å². The Morgan fingerprint density at radius 2 is 1.70 bits per heavy atom. The number of benzene rings is 2. The molecule has 0 radical (unpaired) electrons. The van der Waals surface area contributed by atoms with Gasteiger partial charge in [0.05, 0.1) is 4.90 Å². The third kappa shape index (κ3) is 4.10. The number of nitrogens with zero attached hydrogens (tertiary/aromatic N) is 3. The van der Waals surface area contributed by atoms with E-state index in [0.717, 1.165) is 29.3 Å². The molecule has 1 aliphatic rings. The van der Waals surface area contributed by atoms with Crippen molar-refractivity contribution in [2.45, 2.75) is 30.1 Å². The molecule has 1 aliphatic heterocycles. The first-order valence-corrected chi connectivity index (χ1v) is 11.3. The van der Waals surface area contributed by atoms with Crippen molar-refractivity contribution in [1.82, 2.24) is 14.5 Å². The molecule has 7 heteroatoms. The maximum absolute atomic E-state index is 12.9. The Morgan fingerprint density at radius 3 is 2.44 bits per heavy atom. The van der Waals surface area contributed by atoms with Crippen LogP contribution in [0.1, 0.15) is 34.3 Å². The minimum absolute atomic E-state index is 0.110. The van der Waals surface area contributed by atoms with Crippen LogP contribution in [-0.4, -0.2) is 36.0 Å². The predicted molar refractivity (Wildman–Crippen MR) is 106 cm³/mol. The lowest BCUT2D eigenvalue weighted by molar-refractivity contribution is 0.314. The third-order valence-corrected chi connectivity index (χ3v) is 7.76. The number of hydrogen-bond donors (Lipinski definition) is 0. The smallest absolute Gasteiger partial charge is 0.207 e. The second-order valence-corrected chi connectivity index (χ2v) is 9.74. The molecule has 27 heavy (non-hydrogen) atoms. The molecule has 2 aromatic carbocycles. The maximum Gasteiger partial charge on any atom is 0.243 e. The summed E-state index contributed by atoms with van der Waals surface area (Å²) in [6, 6.07) is 18.8.